The van der Waals surface area contributed by atoms with Crippen LogP contribution in [0.15, 0.2) is 78.5 Å². The quantitative estimate of drug-likeness (QED) is 0.575. The normalized spacial score (nSPS) is 16.9. The van der Waals surface area contributed by atoms with Gasteiger partial charge in [0, 0.05) is 18.7 Å². The summed E-state index contributed by atoms with van der Waals surface area (Å²) >= 11 is 0. The number of nitrogens with one attached hydrogen (secondary N) is 2. The number of benzene rings is 2. The SMILES string of the molecule is O=C(NC[C@@H]1CCCO1)/C(=C/C=C/c1ccccc1)NC(=O)c1ccccc1. The molecule has 0 aliphatic carbocycles. The van der Waals surface area contributed by atoms with E-state index in [1.807, 2.05) is 42.5 Å². The molecule has 0 spiro atoms. The van der Waals surface area contributed by atoms with Gasteiger partial charge in [-0.05, 0) is 36.6 Å². The fourth-order valence-corrected chi connectivity index (χ4v) is 2.88. The van der Waals surface area contributed by atoms with Crippen LogP contribution in [0.25, 0.3) is 6.08 Å². The molecule has 0 saturated carbocycles. The first-order chi connectivity index (χ1) is 13.7. The summed E-state index contributed by atoms with van der Waals surface area (Å²) in [6.07, 6.45) is 7.22. The van der Waals surface area contributed by atoms with Crippen LogP contribution in [0.5, 0.6) is 0 Å². The predicted octanol–water partition coefficient (Wildman–Crippen LogP) is 3.31. The van der Waals surface area contributed by atoms with E-state index in [1.165, 1.54) is 0 Å². The van der Waals surface area contributed by atoms with E-state index in [9.17, 15) is 9.59 Å². The molecular weight excluding hydrogens is 352 g/mol. The predicted molar refractivity (Wildman–Crippen MR) is 109 cm³/mol. The minimum Gasteiger partial charge on any atom is -0.376 e. The van der Waals surface area contributed by atoms with Crippen LogP contribution in [0.1, 0.15) is 28.8 Å². The number of hydrogen-bond donors (Lipinski definition) is 2. The third-order valence-electron chi connectivity index (χ3n) is 4.39. The highest BCUT2D eigenvalue weighted by molar-refractivity contribution is 6.03. The minimum absolute atomic E-state index is 0.0369. The van der Waals surface area contributed by atoms with Gasteiger partial charge in [0.15, 0.2) is 0 Å². The first kappa shape index (κ1) is 19.6. The smallest absolute Gasteiger partial charge is 0.267 e. The molecule has 28 heavy (non-hydrogen) atoms. The van der Waals surface area contributed by atoms with Crippen LogP contribution < -0.4 is 10.6 Å². The molecule has 1 atom stereocenters. The monoisotopic (exact) mass is 376 g/mol. The van der Waals surface area contributed by atoms with Crippen molar-refractivity contribution >= 4 is 17.9 Å². The second kappa shape index (κ2) is 10.2. The number of allylic oxidation sites excluding steroid dienone is 2. The third-order valence-corrected chi connectivity index (χ3v) is 4.39. The summed E-state index contributed by atoms with van der Waals surface area (Å²) in [5.41, 5.74) is 1.69. The molecule has 1 aliphatic rings. The van der Waals surface area contributed by atoms with Gasteiger partial charge < -0.3 is 15.4 Å². The lowest BCUT2D eigenvalue weighted by molar-refractivity contribution is -0.118. The van der Waals surface area contributed by atoms with Gasteiger partial charge in [0.05, 0.1) is 6.10 Å². The van der Waals surface area contributed by atoms with Crippen LogP contribution in [0, 0.1) is 0 Å². The minimum atomic E-state index is -0.336. The number of ether oxygens (including phenoxy) is 1. The first-order valence-electron chi connectivity index (χ1n) is 9.42. The second-order valence-electron chi connectivity index (χ2n) is 6.52. The molecule has 0 unspecified atom stereocenters. The van der Waals surface area contributed by atoms with Crippen LogP contribution in [0.3, 0.4) is 0 Å². The molecule has 5 nitrogen and oxygen atoms in total. The van der Waals surface area contributed by atoms with Crippen molar-refractivity contribution in [1.29, 1.82) is 0 Å². The fourth-order valence-electron chi connectivity index (χ4n) is 2.88. The van der Waals surface area contributed by atoms with E-state index in [0.29, 0.717) is 12.1 Å². The van der Waals surface area contributed by atoms with Crippen LogP contribution in [-0.2, 0) is 9.53 Å². The maximum Gasteiger partial charge on any atom is 0.267 e. The van der Waals surface area contributed by atoms with Crippen LogP contribution in [-0.4, -0.2) is 31.1 Å². The molecule has 144 valence electrons. The molecule has 3 rings (SSSR count). The number of carbonyl (C=O) groups is 2. The molecule has 0 bridgehead atoms. The molecule has 2 amide bonds. The lowest BCUT2D eigenvalue weighted by Gasteiger charge is -2.13. The lowest BCUT2D eigenvalue weighted by Crippen LogP contribution is -2.38. The Morgan fingerprint density at radius 1 is 1.04 bits per heavy atom. The zero-order valence-electron chi connectivity index (χ0n) is 15.6. The van der Waals surface area contributed by atoms with Gasteiger partial charge >= 0.3 is 0 Å². The fraction of sp³-hybridized carbons (Fsp3) is 0.217. The second-order valence-corrected chi connectivity index (χ2v) is 6.52. The number of rotatable bonds is 7. The van der Waals surface area contributed by atoms with E-state index < -0.39 is 0 Å². The summed E-state index contributed by atoms with van der Waals surface area (Å²) in [5, 5.41) is 5.56. The maximum absolute atomic E-state index is 12.6. The Labute approximate surface area is 165 Å². The Balaban J connectivity index is 1.70. The first-order valence-corrected chi connectivity index (χ1v) is 9.42. The molecule has 1 fully saturated rings. The standard InChI is InChI=1S/C23H24N2O3/c26-22(19-12-5-2-6-13-19)25-21(15-7-11-18-9-3-1-4-10-18)23(27)24-17-20-14-8-16-28-20/h1-7,9-13,15,20H,8,14,16-17H2,(H,24,27)(H,25,26)/b11-7+,21-15-/t20-/m0/s1. The Morgan fingerprint density at radius 3 is 2.43 bits per heavy atom. The average Bonchev–Trinajstić information content (AvgIpc) is 3.26. The van der Waals surface area contributed by atoms with Crippen molar-refractivity contribution in [3.63, 3.8) is 0 Å². The zero-order valence-corrected chi connectivity index (χ0v) is 15.6. The summed E-state index contributed by atoms with van der Waals surface area (Å²) in [4.78, 5) is 25.1. The van der Waals surface area contributed by atoms with Crippen molar-refractivity contribution in [2.24, 2.45) is 0 Å². The molecule has 2 aromatic carbocycles. The van der Waals surface area contributed by atoms with Gasteiger partial charge in [0.1, 0.15) is 5.70 Å². The summed E-state index contributed by atoms with van der Waals surface area (Å²) in [5.74, 6) is -0.662. The van der Waals surface area contributed by atoms with Gasteiger partial charge in [0.25, 0.3) is 11.8 Å². The largest absolute Gasteiger partial charge is 0.376 e. The average molecular weight is 376 g/mol. The topological polar surface area (TPSA) is 67.4 Å². The number of hydrogen-bond acceptors (Lipinski definition) is 3. The number of amides is 2. The highest BCUT2D eigenvalue weighted by Crippen LogP contribution is 2.11. The summed E-state index contributed by atoms with van der Waals surface area (Å²) in [6, 6.07) is 18.6. The van der Waals surface area contributed by atoms with Crippen molar-refractivity contribution in [3.05, 3.63) is 89.6 Å². The molecule has 1 saturated heterocycles. The molecule has 2 N–H and O–H groups in total. The van der Waals surface area contributed by atoms with Gasteiger partial charge in [-0.3, -0.25) is 9.59 Å². The molecule has 5 heteroatoms. The van der Waals surface area contributed by atoms with Gasteiger partial charge in [-0.2, -0.15) is 0 Å². The zero-order chi connectivity index (χ0) is 19.6. The van der Waals surface area contributed by atoms with Crippen LogP contribution in [0.4, 0.5) is 0 Å². The molecule has 0 radical (unpaired) electrons. The summed E-state index contributed by atoms with van der Waals surface area (Å²) in [6.45, 7) is 1.16. The van der Waals surface area contributed by atoms with E-state index in [2.05, 4.69) is 10.6 Å². The van der Waals surface area contributed by atoms with E-state index in [-0.39, 0.29) is 23.6 Å². The Kier molecular flexibility index (Phi) is 7.15. The van der Waals surface area contributed by atoms with E-state index in [0.717, 1.165) is 25.0 Å². The molecule has 2 aromatic rings. The Morgan fingerprint density at radius 2 is 1.75 bits per heavy atom. The van der Waals surface area contributed by atoms with Gasteiger partial charge in [-0.1, -0.05) is 60.7 Å². The van der Waals surface area contributed by atoms with Crippen LogP contribution in [0.2, 0.25) is 0 Å². The van der Waals surface area contributed by atoms with E-state index >= 15 is 0 Å². The number of carbonyl (C=O) groups excluding carboxylic acids is 2. The van der Waals surface area contributed by atoms with E-state index in [1.54, 1.807) is 36.4 Å². The Bertz CT molecular complexity index is 839. The summed E-state index contributed by atoms with van der Waals surface area (Å²) in [7, 11) is 0. The lowest BCUT2D eigenvalue weighted by atomic mass is 10.2. The van der Waals surface area contributed by atoms with Crippen molar-refractivity contribution in [2.75, 3.05) is 13.2 Å². The molecular formula is C23H24N2O3. The van der Waals surface area contributed by atoms with Gasteiger partial charge in [-0.25, -0.2) is 0 Å². The van der Waals surface area contributed by atoms with Gasteiger partial charge in [-0.15, -0.1) is 0 Å². The molecule has 1 heterocycles. The third kappa shape index (κ3) is 5.93. The maximum atomic E-state index is 12.6. The van der Waals surface area contributed by atoms with Gasteiger partial charge in [0.2, 0.25) is 0 Å². The molecule has 0 aromatic heterocycles. The highest BCUT2D eigenvalue weighted by Gasteiger charge is 2.18. The summed E-state index contributed by atoms with van der Waals surface area (Å²) < 4.78 is 5.54. The van der Waals surface area contributed by atoms with E-state index in [4.69, 9.17) is 4.74 Å². The van der Waals surface area contributed by atoms with Crippen LogP contribution >= 0.6 is 0 Å². The van der Waals surface area contributed by atoms with Crippen molar-refractivity contribution in [2.45, 2.75) is 18.9 Å². The van der Waals surface area contributed by atoms with Crippen molar-refractivity contribution in [1.82, 2.24) is 10.6 Å². The Hall–Kier alpha value is -3.18. The highest BCUT2D eigenvalue weighted by atomic mass is 16.5. The van der Waals surface area contributed by atoms with Crippen molar-refractivity contribution in [3.8, 4) is 0 Å². The molecule has 1 aliphatic heterocycles. The van der Waals surface area contributed by atoms with Crippen molar-refractivity contribution < 1.29 is 14.3 Å².